The molecule has 4 aromatic heterocycles. The number of furan rings is 1. The largest absolute Gasteiger partial charge is 3.00 e. The van der Waals surface area contributed by atoms with E-state index in [4.69, 9.17) is 19.4 Å². The number of aromatic nitrogens is 3. The molecule has 6 heteroatoms. The van der Waals surface area contributed by atoms with E-state index in [9.17, 15) is 5.26 Å². The summed E-state index contributed by atoms with van der Waals surface area (Å²) >= 11 is 0. The molecule has 0 atom stereocenters. The van der Waals surface area contributed by atoms with Gasteiger partial charge in [-0.2, -0.15) is 5.26 Å². The first-order valence-corrected chi connectivity index (χ1v) is 20.6. The van der Waals surface area contributed by atoms with Crippen LogP contribution in [0, 0.1) is 50.3 Å². The average Bonchev–Trinajstić information content (AvgIpc) is 3.66. The quantitative estimate of drug-likeness (QED) is 0.114. The van der Waals surface area contributed by atoms with Crippen LogP contribution in [0.2, 0.25) is 0 Å². The van der Waals surface area contributed by atoms with Crippen molar-refractivity contribution >= 4 is 21.9 Å². The topological polar surface area (TPSA) is 75.6 Å². The van der Waals surface area contributed by atoms with Crippen molar-refractivity contribution in [2.45, 2.75) is 59.3 Å². The van der Waals surface area contributed by atoms with E-state index in [0.29, 0.717) is 11.1 Å². The second-order valence-electron chi connectivity index (χ2n) is 15.7. The predicted molar refractivity (Wildman–Crippen MR) is 240 cm³/mol. The third kappa shape index (κ3) is 9.15. The van der Waals surface area contributed by atoms with E-state index < -0.39 is 0 Å². The third-order valence-corrected chi connectivity index (χ3v) is 11.6. The van der Waals surface area contributed by atoms with Gasteiger partial charge in [0.1, 0.15) is 5.58 Å². The van der Waals surface area contributed by atoms with Crippen molar-refractivity contribution in [1.82, 2.24) is 15.0 Å². The molecule has 0 aliphatic rings. The van der Waals surface area contributed by atoms with E-state index >= 15 is 0 Å². The summed E-state index contributed by atoms with van der Waals surface area (Å²) in [6.45, 7) is 6.53. The van der Waals surface area contributed by atoms with Crippen LogP contribution in [0.25, 0.3) is 55.7 Å². The number of benzene rings is 5. The minimum absolute atomic E-state index is 0. The molecule has 0 aliphatic heterocycles. The summed E-state index contributed by atoms with van der Waals surface area (Å²) in [5.74, 6) is 0. The Kier molecular flexibility index (Phi) is 12.4. The van der Waals surface area contributed by atoms with Gasteiger partial charge >= 0.3 is 20.1 Å². The molecule has 0 saturated carbocycles. The normalized spacial score (nSPS) is 11.1. The summed E-state index contributed by atoms with van der Waals surface area (Å²) in [4.78, 5) is 14.6. The molecule has 0 unspecified atom stereocenters. The Balaban J connectivity index is 0.00000514. The zero-order valence-electron chi connectivity index (χ0n) is 34.5. The standard InChI is InChI=1S/C55H43N4O.Ir/c1-36-25-51(43-11-6-4-7-12-43)57-33-45(36)21-17-39-28-40(18-22-46-34-58-52(26-37(46)2)44-13-8-5-9-14-44)30-41(29-39)19-23-47-35-59-53(27-38(47)3)50-16-10-15-49-48-24-20-42(32-56)31-54(48)60-55(49)50;/h4-11,13,15,20,24-31,33-35H,17-19,21-23H2,1-3H3;/q-3;+3. The van der Waals surface area contributed by atoms with Gasteiger partial charge in [0.05, 0.1) is 17.2 Å². The number of aryl methyl sites for hydroxylation is 9. The number of nitrogens with zero attached hydrogens (tertiary/aromatic N) is 4. The Morgan fingerprint density at radius 2 is 1.03 bits per heavy atom. The fourth-order valence-electron chi connectivity index (χ4n) is 8.19. The van der Waals surface area contributed by atoms with Gasteiger partial charge in [-0.25, -0.2) is 0 Å². The van der Waals surface area contributed by atoms with Crippen molar-refractivity contribution in [2.75, 3.05) is 0 Å². The van der Waals surface area contributed by atoms with E-state index in [0.717, 1.165) is 88.7 Å². The molecule has 9 aromatic rings. The number of nitriles is 1. The van der Waals surface area contributed by atoms with Crippen LogP contribution in [0.5, 0.6) is 0 Å². The van der Waals surface area contributed by atoms with Crippen LogP contribution >= 0.6 is 0 Å². The molecular formula is C55H43IrN4O. The molecule has 0 amide bonds. The summed E-state index contributed by atoms with van der Waals surface area (Å²) in [6.07, 6.45) is 11.6. The maximum Gasteiger partial charge on any atom is 3.00 e. The summed E-state index contributed by atoms with van der Waals surface area (Å²) in [7, 11) is 0. The fraction of sp³-hybridized carbons (Fsp3) is 0.164. The van der Waals surface area contributed by atoms with Gasteiger partial charge in [-0.3, -0.25) is 0 Å². The zero-order chi connectivity index (χ0) is 41.0. The maximum atomic E-state index is 9.42. The van der Waals surface area contributed by atoms with E-state index in [2.05, 4.69) is 93.6 Å². The first-order valence-electron chi connectivity index (χ1n) is 20.6. The number of fused-ring (bicyclic) bond motifs is 3. The van der Waals surface area contributed by atoms with E-state index in [1.54, 1.807) is 6.07 Å². The van der Waals surface area contributed by atoms with E-state index in [1.165, 1.54) is 50.1 Å². The minimum atomic E-state index is 0. The molecule has 0 bridgehead atoms. The fourth-order valence-corrected chi connectivity index (χ4v) is 8.19. The Morgan fingerprint density at radius 1 is 0.525 bits per heavy atom. The van der Waals surface area contributed by atoms with Crippen LogP contribution in [-0.4, -0.2) is 15.0 Å². The summed E-state index contributed by atoms with van der Waals surface area (Å²) in [6, 6.07) is 51.4. The molecule has 0 spiro atoms. The Hall–Kier alpha value is -6.51. The van der Waals surface area contributed by atoms with E-state index in [1.807, 2.05) is 79.3 Å². The van der Waals surface area contributed by atoms with Gasteiger partial charge in [0, 0.05) is 24.0 Å². The van der Waals surface area contributed by atoms with Crippen molar-refractivity contribution in [3.8, 4) is 39.8 Å². The average molecular weight is 968 g/mol. The van der Waals surface area contributed by atoms with Gasteiger partial charge in [0.2, 0.25) is 0 Å². The molecule has 0 N–H and O–H groups in total. The van der Waals surface area contributed by atoms with Crippen LogP contribution < -0.4 is 0 Å². The first-order chi connectivity index (χ1) is 29.4. The number of hydrogen-bond acceptors (Lipinski definition) is 5. The molecule has 0 saturated heterocycles. The smallest absolute Gasteiger partial charge is 0.501 e. The molecule has 0 radical (unpaired) electrons. The SMILES string of the molecule is Cc1cc(-c2[c-]cccc2)ncc1CCc1cc(CCc2cnc(-c3[c-]cccc3)cc2C)cc(CCc2cnc(-c3[c-]ccc4c3oc3cc(C#N)ccc34)cc2C)c1.[Ir+3]. The molecule has 298 valence electrons. The minimum Gasteiger partial charge on any atom is -0.501 e. The van der Waals surface area contributed by atoms with Crippen LogP contribution in [0.3, 0.4) is 0 Å². The summed E-state index contributed by atoms with van der Waals surface area (Å²) in [5, 5.41) is 11.4. The monoisotopic (exact) mass is 968 g/mol. The van der Waals surface area contributed by atoms with Gasteiger partial charge in [0.25, 0.3) is 0 Å². The molecule has 0 aliphatic carbocycles. The van der Waals surface area contributed by atoms with Gasteiger partial charge in [-0.05, 0) is 122 Å². The van der Waals surface area contributed by atoms with Crippen LogP contribution in [0.4, 0.5) is 0 Å². The molecule has 0 fully saturated rings. The predicted octanol–water partition coefficient (Wildman–Crippen LogP) is 12.3. The number of rotatable bonds is 12. The van der Waals surface area contributed by atoms with Crippen molar-refractivity contribution < 1.29 is 24.5 Å². The first kappa shape index (κ1) is 41.2. The van der Waals surface area contributed by atoms with Crippen LogP contribution in [0.1, 0.15) is 55.6 Å². The second-order valence-corrected chi connectivity index (χ2v) is 15.7. The van der Waals surface area contributed by atoms with Crippen molar-refractivity contribution in [3.05, 3.63) is 208 Å². The van der Waals surface area contributed by atoms with E-state index in [-0.39, 0.29) is 20.1 Å². The Bertz CT molecular complexity index is 2930. The summed E-state index contributed by atoms with van der Waals surface area (Å²) < 4.78 is 6.30. The maximum absolute atomic E-state index is 9.42. The third-order valence-electron chi connectivity index (χ3n) is 11.6. The molecule has 61 heavy (non-hydrogen) atoms. The molecule has 9 rings (SSSR count). The van der Waals surface area contributed by atoms with Crippen LogP contribution in [-0.2, 0) is 58.6 Å². The molecule has 5 aromatic carbocycles. The number of hydrogen-bond donors (Lipinski definition) is 0. The molecular weight excluding hydrogens is 925 g/mol. The van der Waals surface area contributed by atoms with Crippen molar-refractivity contribution in [3.63, 3.8) is 0 Å². The van der Waals surface area contributed by atoms with Gasteiger partial charge in [0.15, 0.2) is 0 Å². The summed E-state index contributed by atoms with van der Waals surface area (Å²) in [5.41, 5.74) is 19.0. The second kappa shape index (κ2) is 18.4. The molecule has 5 nitrogen and oxygen atoms in total. The Morgan fingerprint density at radius 3 is 1.51 bits per heavy atom. The molecule has 4 heterocycles. The number of pyridine rings is 3. The van der Waals surface area contributed by atoms with Crippen molar-refractivity contribution in [1.29, 1.82) is 5.26 Å². The van der Waals surface area contributed by atoms with Crippen molar-refractivity contribution in [2.24, 2.45) is 0 Å². The van der Waals surface area contributed by atoms with Gasteiger partial charge in [-0.1, -0.05) is 70.1 Å². The van der Waals surface area contributed by atoms with Crippen LogP contribution in [0.15, 0.2) is 138 Å². The van der Waals surface area contributed by atoms with Gasteiger partial charge in [-0.15, -0.1) is 90.0 Å². The zero-order valence-corrected chi connectivity index (χ0v) is 36.9. The Labute approximate surface area is 371 Å². The van der Waals surface area contributed by atoms with Gasteiger partial charge < -0.3 is 19.4 Å².